The monoisotopic (exact) mass is 290 g/mol. The van der Waals surface area contributed by atoms with Gasteiger partial charge in [-0.3, -0.25) is 0 Å². The largest absolute Gasteiger partial charge is 0.387 e. The molecule has 0 spiro atoms. The second-order valence-corrected chi connectivity index (χ2v) is 4.79. The Hall–Kier alpha value is -0.450. The van der Waals surface area contributed by atoms with Crippen LogP contribution < -0.4 is 0 Å². The number of ether oxygens (including phenoxy) is 1. The Morgan fingerprint density at radius 1 is 1.50 bits per heavy atom. The summed E-state index contributed by atoms with van der Waals surface area (Å²) in [5.41, 5.74) is 0.00104. The third kappa shape index (κ3) is 3.54. The van der Waals surface area contributed by atoms with Crippen LogP contribution in [0.25, 0.3) is 0 Å². The van der Waals surface area contributed by atoms with Crippen molar-refractivity contribution in [1.82, 2.24) is 0 Å². The third-order valence-electron chi connectivity index (χ3n) is 2.59. The topological polar surface area (TPSA) is 29.5 Å². The molecule has 0 aliphatic heterocycles. The van der Waals surface area contributed by atoms with Gasteiger partial charge in [-0.05, 0) is 40.0 Å². The van der Waals surface area contributed by atoms with E-state index in [9.17, 15) is 9.50 Å². The highest BCUT2D eigenvalue weighted by atomic mass is 79.9. The molecule has 0 bridgehead atoms. The number of rotatable bonds is 5. The zero-order valence-electron chi connectivity index (χ0n) is 9.46. The smallest absolute Gasteiger partial charge is 0.137 e. The van der Waals surface area contributed by atoms with Crippen molar-refractivity contribution in [2.45, 2.75) is 25.4 Å². The Bertz CT molecular complexity index is 357. The SMILES string of the molecule is CCC(O)(COC)Cc1ccc(F)c(Br)c1. The number of hydrogen-bond donors (Lipinski definition) is 1. The molecular weight excluding hydrogens is 275 g/mol. The molecule has 0 heterocycles. The number of hydrogen-bond acceptors (Lipinski definition) is 2. The molecule has 2 nitrogen and oxygen atoms in total. The third-order valence-corrected chi connectivity index (χ3v) is 3.20. The van der Waals surface area contributed by atoms with Crippen LogP contribution in [0, 0.1) is 5.82 Å². The fourth-order valence-electron chi connectivity index (χ4n) is 1.58. The standard InChI is InChI=1S/C12H16BrFO2/c1-3-12(15,8-16-2)7-9-4-5-11(14)10(13)6-9/h4-6,15H,3,7-8H2,1-2H3. The highest BCUT2D eigenvalue weighted by Crippen LogP contribution is 2.22. The Morgan fingerprint density at radius 2 is 2.19 bits per heavy atom. The molecule has 1 aromatic rings. The van der Waals surface area contributed by atoms with E-state index in [0.29, 0.717) is 17.3 Å². The molecule has 0 aliphatic carbocycles. The maximum atomic E-state index is 13.0. The molecule has 4 heteroatoms. The summed E-state index contributed by atoms with van der Waals surface area (Å²) in [4.78, 5) is 0. The van der Waals surface area contributed by atoms with Gasteiger partial charge in [0, 0.05) is 13.5 Å². The van der Waals surface area contributed by atoms with Gasteiger partial charge in [0.2, 0.25) is 0 Å². The van der Waals surface area contributed by atoms with Gasteiger partial charge in [0.1, 0.15) is 5.82 Å². The fraction of sp³-hybridized carbons (Fsp3) is 0.500. The molecule has 0 aliphatic rings. The predicted molar refractivity (Wildman–Crippen MR) is 64.9 cm³/mol. The minimum atomic E-state index is -0.883. The van der Waals surface area contributed by atoms with Gasteiger partial charge in [-0.25, -0.2) is 4.39 Å². The highest BCUT2D eigenvalue weighted by molar-refractivity contribution is 9.10. The van der Waals surface area contributed by atoms with E-state index >= 15 is 0 Å². The van der Waals surface area contributed by atoms with E-state index in [1.165, 1.54) is 6.07 Å². The van der Waals surface area contributed by atoms with Crippen LogP contribution in [0.1, 0.15) is 18.9 Å². The molecule has 0 amide bonds. The summed E-state index contributed by atoms with van der Waals surface area (Å²) in [5.74, 6) is -0.296. The first-order chi connectivity index (χ1) is 7.50. The summed E-state index contributed by atoms with van der Waals surface area (Å²) in [6, 6.07) is 4.75. The Balaban J connectivity index is 2.81. The molecule has 0 saturated carbocycles. The average molecular weight is 291 g/mol. The number of methoxy groups -OCH3 is 1. The first-order valence-corrected chi connectivity index (χ1v) is 5.95. The Labute approximate surface area is 104 Å². The summed E-state index contributed by atoms with van der Waals surface area (Å²) in [5, 5.41) is 10.2. The summed E-state index contributed by atoms with van der Waals surface area (Å²) < 4.78 is 18.4. The van der Waals surface area contributed by atoms with Gasteiger partial charge >= 0.3 is 0 Å². The second kappa shape index (κ2) is 5.75. The van der Waals surface area contributed by atoms with E-state index < -0.39 is 5.60 Å². The minimum Gasteiger partial charge on any atom is -0.387 e. The van der Waals surface area contributed by atoms with Crippen molar-refractivity contribution in [2.75, 3.05) is 13.7 Å². The van der Waals surface area contributed by atoms with Crippen LogP contribution >= 0.6 is 15.9 Å². The maximum absolute atomic E-state index is 13.0. The normalized spacial score (nSPS) is 14.8. The van der Waals surface area contributed by atoms with E-state index in [1.807, 2.05) is 6.92 Å². The molecule has 1 unspecified atom stereocenters. The van der Waals surface area contributed by atoms with Gasteiger partial charge in [-0.1, -0.05) is 13.0 Å². The molecule has 0 aromatic heterocycles. The molecule has 1 atom stereocenters. The van der Waals surface area contributed by atoms with E-state index in [0.717, 1.165) is 5.56 Å². The van der Waals surface area contributed by atoms with Gasteiger partial charge in [0.25, 0.3) is 0 Å². The Morgan fingerprint density at radius 3 is 2.69 bits per heavy atom. The van der Waals surface area contributed by atoms with Crippen molar-refractivity contribution in [2.24, 2.45) is 0 Å². The second-order valence-electron chi connectivity index (χ2n) is 3.94. The van der Waals surface area contributed by atoms with E-state index in [4.69, 9.17) is 4.74 Å². The molecule has 0 radical (unpaired) electrons. The van der Waals surface area contributed by atoms with Crippen molar-refractivity contribution < 1.29 is 14.2 Å². The van der Waals surface area contributed by atoms with Crippen molar-refractivity contribution in [3.8, 4) is 0 Å². The van der Waals surface area contributed by atoms with Crippen LogP contribution in [-0.2, 0) is 11.2 Å². The minimum absolute atomic E-state index is 0.276. The molecule has 0 fully saturated rings. The first kappa shape index (κ1) is 13.6. The van der Waals surface area contributed by atoms with Crippen molar-refractivity contribution >= 4 is 15.9 Å². The number of halogens is 2. The molecule has 1 rings (SSSR count). The van der Waals surface area contributed by atoms with Gasteiger partial charge in [-0.2, -0.15) is 0 Å². The van der Waals surface area contributed by atoms with Crippen LogP contribution in [-0.4, -0.2) is 24.4 Å². The van der Waals surface area contributed by atoms with Crippen molar-refractivity contribution in [1.29, 1.82) is 0 Å². The maximum Gasteiger partial charge on any atom is 0.137 e. The number of aliphatic hydroxyl groups is 1. The van der Waals surface area contributed by atoms with E-state index in [2.05, 4.69) is 15.9 Å². The molecule has 1 aromatic carbocycles. The lowest BCUT2D eigenvalue weighted by atomic mass is 9.93. The lowest BCUT2D eigenvalue weighted by molar-refractivity contribution is -0.0333. The summed E-state index contributed by atoms with van der Waals surface area (Å²) in [6.07, 6.45) is 1.05. The zero-order chi connectivity index (χ0) is 12.2. The molecular formula is C12H16BrFO2. The predicted octanol–water partition coefficient (Wildman–Crippen LogP) is 2.92. The van der Waals surface area contributed by atoms with Gasteiger partial charge in [0.15, 0.2) is 0 Å². The summed E-state index contributed by atoms with van der Waals surface area (Å²) >= 11 is 3.13. The quantitative estimate of drug-likeness (QED) is 0.904. The van der Waals surface area contributed by atoms with E-state index in [-0.39, 0.29) is 12.4 Å². The summed E-state index contributed by atoms with van der Waals surface area (Å²) in [6.45, 7) is 2.18. The van der Waals surface area contributed by atoms with Crippen LogP contribution in [0.2, 0.25) is 0 Å². The lowest BCUT2D eigenvalue weighted by Crippen LogP contribution is -2.35. The van der Waals surface area contributed by atoms with Crippen molar-refractivity contribution in [3.05, 3.63) is 34.1 Å². The number of benzene rings is 1. The van der Waals surface area contributed by atoms with Crippen LogP contribution in [0.5, 0.6) is 0 Å². The van der Waals surface area contributed by atoms with Gasteiger partial charge in [-0.15, -0.1) is 0 Å². The van der Waals surface area contributed by atoms with Gasteiger partial charge < -0.3 is 9.84 Å². The van der Waals surface area contributed by atoms with Gasteiger partial charge in [0.05, 0.1) is 16.7 Å². The average Bonchev–Trinajstić information content (AvgIpc) is 2.24. The molecule has 16 heavy (non-hydrogen) atoms. The van der Waals surface area contributed by atoms with Crippen LogP contribution in [0.15, 0.2) is 22.7 Å². The highest BCUT2D eigenvalue weighted by Gasteiger charge is 2.25. The molecule has 0 saturated heterocycles. The molecule has 1 N–H and O–H groups in total. The Kier molecular flexibility index (Phi) is 4.89. The van der Waals surface area contributed by atoms with Crippen LogP contribution in [0.3, 0.4) is 0 Å². The fourth-order valence-corrected chi connectivity index (χ4v) is 2.00. The zero-order valence-corrected chi connectivity index (χ0v) is 11.1. The van der Waals surface area contributed by atoms with Crippen molar-refractivity contribution in [3.63, 3.8) is 0 Å². The molecule has 90 valence electrons. The lowest BCUT2D eigenvalue weighted by Gasteiger charge is -2.26. The summed E-state index contributed by atoms with van der Waals surface area (Å²) in [7, 11) is 1.56. The van der Waals surface area contributed by atoms with E-state index in [1.54, 1.807) is 19.2 Å². The van der Waals surface area contributed by atoms with Crippen LogP contribution in [0.4, 0.5) is 4.39 Å². The first-order valence-electron chi connectivity index (χ1n) is 5.16.